The van der Waals surface area contributed by atoms with Gasteiger partial charge in [0.15, 0.2) is 0 Å². The minimum Gasteiger partial charge on any atom is -0.508 e. The molecule has 0 amide bonds. The van der Waals surface area contributed by atoms with Crippen LogP contribution in [0.5, 0.6) is 5.75 Å². The molecule has 4 aromatic rings. The van der Waals surface area contributed by atoms with Crippen molar-refractivity contribution in [1.82, 2.24) is 19.9 Å². The van der Waals surface area contributed by atoms with Gasteiger partial charge in [0.05, 0.1) is 22.8 Å². The van der Waals surface area contributed by atoms with Crippen LogP contribution in [0.4, 0.5) is 0 Å². The number of H-pyrrole nitrogens is 2. The van der Waals surface area contributed by atoms with E-state index in [9.17, 15) is 5.11 Å². The van der Waals surface area contributed by atoms with Crippen molar-refractivity contribution in [3.05, 3.63) is 89.5 Å². The number of aromatic amines is 2. The fraction of sp³-hybridized carbons (Fsp3) is 0. The molecule has 0 fully saturated rings. The quantitative estimate of drug-likeness (QED) is 0.280. The van der Waals surface area contributed by atoms with E-state index in [1.54, 1.807) is 12.1 Å². The van der Waals surface area contributed by atoms with Crippen molar-refractivity contribution in [1.29, 1.82) is 0 Å². The Morgan fingerprint density at radius 2 is 1.09 bits per heavy atom. The number of phenols is 1. The number of aromatic hydroxyl groups is 1. The third-order valence-electron chi connectivity index (χ3n) is 5.35. The van der Waals surface area contributed by atoms with E-state index < -0.39 is 0 Å². The van der Waals surface area contributed by atoms with Crippen LogP contribution in [0.15, 0.2) is 66.7 Å². The van der Waals surface area contributed by atoms with Crippen LogP contribution in [0.25, 0.3) is 57.5 Å². The fourth-order valence-corrected chi connectivity index (χ4v) is 3.90. The molecule has 8 bridgehead atoms. The zero-order chi connectivity index (χ0) is 20.8. The van der Waals surface area contributed by atoms with Gasteiger partial charge in [-0.15, -0.1) is 0 Å². The number of nitrogens with zero attached hydrogens (tertiary/aromatic N) is 2. The molecule has 0 atom stereocenters. The Balaban J connectivity index is 0.00000216. The van der Waals surface area contributed by atoms with Gasteiger partial charge in [0.2, 0.25) is 0 Å². The summed E-state index contributed by atoms with van der Waals surface area (Å²) >= 11 is 0. The van der Waals surface area contributed by atoms with Gasteiger partial charge in [-0.05, 0) is 84.5 Å². The Kier molecular flexibility index (Phi) is 5.01. The summed E-state index contributed by atoms with van der Waals surface area (Å²) in [5.74, 6) is 0.247. The van der Waals surface area contributed by atoms with Crippen molar-refractivity contribution >= 4 is 46.4 Å². The number of benzene rings is 1. The first kappa shape index (κ1) is 20.1. The molecule has 1 aromatic carbocycles. The van der Waals surface area contributed by atoms with Gasteiger partial charge in [-0.25, -0.2) is 9.97 Å². The summed E-state index contributed by atoms with van der Waals surface area (Å²) in [7, 11) is 0. The second-order valence-corrected chi connectivity index (χ2v) is 7.64. The van der Waals surface area contributed by atoms with E-state index in [4.69, 9.17) is 9.97 Å². The molecular weight excluding hydrogens is 443 g/mol. The first-order chi connectivity index (χ1) is 15.2. The van der Waals surface area contributed by atoms with Gasteiger partial charge in [-0.2, -0.15) is 0 Å². The molecule has 0 aliphatic carbocycles. The van der Waals surface area contributed by atoms with Crippen LogP contribution in [-0.4, -0.2) is 25.0 Å². The van der Waals surface area contributed by atoms with Crippen LogP contribution in [0.3, 0.4) is 0 Å². The molecule has 5 nitrogen and oxygen atoms in total. The molecule has 6 heteroatoms. The molecule has 1 radical (unpaired) electrons. The first-order valence-electron chi connectivity index (χ1n) is 10.1. The number of nitrogens with one attached hydrogen (secondary N) is 2. The van der Waals surface area contributed by atoms with E-state index in [-0.39, 0.29) is 22.5 Å². The zero-order valence-electron chi connectivity index (χ0n) is 16.8. The summed E-state index contributed by atoms with van der Waals surface area (Å²) in [6, 6.07) is 21.5. The molecule has 0 saturated heterocycles. The van der Waals surface area contributed by atoms with E-state index in [0.29, 0.717) is 0 Å². The van der Waals surface area contributed by atoms with Gasteiger partial charge in [-0.3, -0.25) is 0 Å². The molecule has 157 valence electrons. The fourth-order valence-electron chi connectivity index (χ4n) is 3.90. The Labute approximate surface area is 194 Å². The molecule has 32 heavy (non-hydrogen) atoms. The van der Waals surface area contributed by atoms with Gasteiger partial charge >= 0.3 is 0 Å². The summed E-state index contributed by atoms with van der Waals surface area (Å²) in [6.07, 6.45) is 8.04. The molecule has 5 heterocycles. The summed E-state index contributed by atoms with van der Waals surface area (Å²) in [4.78, 5) is 16.3. The monoisotopic (exact) mass is 461 g/mol. The number of hydrogen-bond acceptors (Lipinski definition) is 3. The predicted octanol–water partition coefficient (Wildman–Crippen LogP) is 6.03. The normalized spacial score (nSPS) is 12.0. The second-order valence-electron chi connectivity index (χ2n) is 7.64. The third kappa shape index (κ3) is 3.89. The van der Waals surface area contributed by atoms with Crippen LogP contribution in [0.1, 0.15) is 22.8 Å². The summed E-state index contributed by atoms with van der Waals surface area (Å²) in [5, 5.41) is 9.68. The van der Waals surface area contributed by atoms with Gasteiger partial charge in [0.1, 0.15) is 5.75 Å². The largest absolute Gasteiger partial charge is 0.508 e. The predicted molar refractivity (Wildman–Crippen MR) is 126 cm³/mol. The Morgan fingerprint density at radius 1 is 0.562 bits per heavy atom. The van der Waals surface area contributed by atoms with Gasteiger partial charge in [-0.1, -0.05) is 12.1 Å². The van der Waals surface area contributed by atoms with Crippen molar-refractivity contribution in [3.63, 3.8) is 0 Å². The number of rotatable bonds is 1. The van der Waals surface area contributed by atoms with Crippen LogP contribution in [0.2, 0.25) is 0 Å². The molecule has 0 saturated carbocycles. The van der Waals surface area contributed by atoms with E-state index in [2.05, 4.69) is 16.0 Å². The molecule has 3 N–H and O–H groups in total. The van der Waals surface area contributed by atoms with Crippen molar-refractivity contribution in [2.75, 3.05) is 0 Å². The van der Waals surface area contributed by atoms with E-state index >= 15 is 0 Å². The summed E-state index contributed by atoms with van der Waals surface area (Å²) in [6.45, 7) is 0. The number of hydrogen-bond donors (Lipinski definition) is 3. The van der Waals surface area contributed by atoms with Gasteiger partial charge < -0.3 is 15.1 Å². The summed E-state index contributed by atoms with van der Waals surface area (Å²) in [5.41, 5.74) is 9.50. The molecular formula is C26H18CoN4O. The van der Waals surface area contributed by atoms with Crippen molar-refractivity contribution in [2.24, 2.45) is 0 Å². The first-order valence-corrected chi connectivity index (χ1v) is 10.1. The number of aromatic nitrogens is 4. The Morgan fingerprint density at radius 3 is 1.69 bits per heavy atom. The second kappa shape index (κ2) is 7.99. The molecule has 6 rings (SSSR count). The number of phenolic OH excluding ortho intramolecular Hbond substituents is 1. The van der Waals surface area contributed by atoms with Crippen LogP contribution in [0, 0.1) is 0 Å². The maximum Gasteiger partial charge on any atom is 0.115 e. The van der Waals surface area contributed by atoms with Crippen molar-refractivity contribution < 1.29 is 21.9 Å². The SMILES string of the molecule is Oc1ccc(-c2cc3cc4nc(cc5ccc(cc6nc(cc2[nH]3)C=C6)[nH]5)C=C4)cc1.[Co]. The van der Waals surface area contributed by atoms with E-state index in [0.717, 1.165) is 56.0 Å². The molecule has 0 unspecified atom stereocenters. The topological polar surface area (TPSA) is 77.6 Å². The molecule has 2 aliphatic heterocycles. The minimum absolute atomic E-state index is 0. The van der Waals surface area contributed by atoms with Crippen LogP contribution < -0.4 is 0 Å². The number of fused-ring (bicyclic) bond motifs is 8. The van der Waals surface area contributed by atoms with E-state index in [1.165, 1.54) is 0 Å². The smallest absolute Gasteiger partial charge is 0.115 e. The minimum atomic E-state index is 0. The van der Waals surface area contributed by atoms with Gasteiger partial charge in [0.25, 0.3) is 0 Å². The molecule has 3 aromatic heterocycles. The van der Waals surface area contributed by atoms with Crippen molar-refractivity contribution in [2.45, 2.75) is 0 Å². The maximum atomic E-state index is 9.68. The third-order valence-corrected chi connectivity index (χ3v) is 5.35. The van der Waals surface area contributed by atoms with Gasteiger partial charge in [0, 0.05) is 44.4 Å². The molecule has 2 aliphatic rings. The van der Waals surface area contributed by atoms with Crippen LogP contribution >= 0.6 is 0 Å². The zero-order valence-corrected chi connectivity index (χ0v) is 17.9. The summed E-state index contributed by atoms with van der Waals surface area (Å²) < 4.78 is 0. The van der Waals surface area contributed by atoms with Crippen molar-refractivity contribution in [3.8, 4) is 16.9 Å². The Bertz CT molecular complexity index is 1540. The average Bonchev–Trinajstić information content (AvgIpc) is 3.54. The van der Waals surface area contributed by atoms with Crippen LogP contribution in [-0.2, 0) is 16.8 Å². The standard InChI is InChI=1S/C26H18N4O.Co/c31-24-9-1-16(2-10-24)25-14-23-13-21-6-5-19(28-21)11-17-3-4-18(27-17)12-20-7-8-22(29-20)15-26(25)30-23;/h1-15,27,30-31H;. The Hall–Kier alpha value is -3.87. The van der Waals surface area contributed by atoms with E-state index in [1.807, 2.05) is 72.8 Å². The average molecular weight is 461 g/mol. The maximum absolute atomic E-state index is 9.68. The molecule has 0 spiro atoms.